The number of nitrogens with one attached hydrogen (secondary N) is 1. The van der Waals surface area contributed by atoms with Gasteiger partial charge in [-0.15, -0.1) is 0 Å². The van der Waals surface area contributed by atoms with Gasteiger partial charge in [0.05, 0.1) is 11.7 Å². The van der Waals surface area contributed by atoms with Gasteiger partial charge in [0.1, 0.15) is 29.2 Å². The van der Waals surface area contributed by atoms with E-state index in [9.17, 15) is 8.78 Å². The van der Waals surface area contributed by atoms with Gasteiger partial charge in [0.15, 0.2) is 5.11 Å². The SMILES string of the molecule is Cc1cc(N2C(=S)N[C@H](c3ccccn3)[C@@H]2c2ccc(-c3ccc(F)cc3Br)o2)ccc1F. The van der Waals surface area contributed by atoms with Crippen molar-refractivity contribution < 1.29 is 13.2 Å². The first-order chi connectivity index (χ1) is 15.9. The van der Waals surface area contributed by atoms with Crippen LogP contribution in [-0.4, -0.2) is 10.1 Å². The molecule has 0 aliphatic carbocycles. The zero-order chi connectivity index (χ0) is 23.1. The number of anilines is 1. The third kappa shape index (κ3) is 4.05. The van der Waals surface area contributed by atoms with Crippen molar-refractivity contribution in [3.8, 4) is 11.3 Å². The van der Waals surface area contributed by atoms with Crippen LogP contribution in [0.5, 0.6) is 0 Å². The topological polar surface area (TPSA) is 41.3 Å². The molecule has 2 aromatic heterocycles. The lowest BCUT2D eigenvalue weighted by molar-refractivity contribution is 0.439. The summed E-state index contributed by atoms with van der Waals surface area (Å²) in [5.74, 6) is 0.614. The minimum Gasteiger partial charge on any atom is -0.459 e. The highest BCUT2D eigenvalue weighted by atomic mass is 79.9. The number of nitrogens with zero attached hydrogens (tertiary/aromatic N) is 2. The Hall–Kier alpha value is -3.10. The van der Waals surface area contributed by atoms with Gasteiger partial charge in [-0.3, -0.25) is 4.98 Å². The van der Waals surface area contributed by atoms with E-state index in [0.29, 0.717) is 26.7 Å². The van der Waals surface area contributed by atoms with Gasteiger partial charge >= 0.3 is 0 Å². The lowest BCUT2D eigenvalue weighted by Crippen LogP contribution is -2.29. The molecule has 5 rings (SSSR count). The maximum atomic E-state index is 14.0. The summed E-state index contributed by atoms with van der Waals surface area (Å²) in [7, 11) is 0. The summed E-state index contributed by atoms with van der Waals surface area (Å²) in [5, 5.41) is 3.84. The first-order valence-electron chi connectivity index (χ1n) is 10.2. The van der Waals surface area contributed by atoms with E-state index in [-0.39, 0.29) is 23.7 Å². The Bertz CT molecular complexity index is 1340. The van der Waals surface area contributed by atoms with E-state index in [2.05, 4.69) is 26.2 Å². The van der Waals surface area contributed by atoms with E-state index in [0.717, 1.165) is 16.9 Å². The van der Waals surface area contributed by atoms with Crippen LogP contribution >= 0.6 is 28.1 Å². The van der Waals surface area contributed by atoms with Gasteiger partial charge in [-0.2, -0.15) is 0 Å². The molecule has 2 atom stereocenters. The van der Waals surface area contributed by atoms with Crippen LogP contribution in [0.1, 0.15) is 29.1 Å². The minimum absolute atomic E-state index is 0.281. The second-order valence-electron chi connectivity index (χ2n) is 7.76. The Kier molecular flexibility index (Phi) is 5.72. The normalized spacial score (nSPS) is 17.9. The molecule has 3 heterocycles. The highest BCUT2D eigenvalue weighted by Gasteiger charge is 2.42. The summed E-state index contributed by atoms with van der Waals surface area (Å²) in [6.07, 6.45) is 1.73. The number of thiocarbonyl (C=S) groups is 1. The zero-order valence-corrected chi connectivity index (χ0v) is 19.8. The van der Waals surface area contributed by atoms with Crippen LogP contribution in [0, 0.1) is 18.6 Å². The molecule has 1 aliphatic heterocycles. The summed E-state index contributed by atoms with van der Waals surface area (Å²) >= 11 is 9.10. The number of rotatable bonds is 4. The molecule has 0 saturated carbocycles. The van der Waals surface area contributed by atoms with Crippen molar-refractivity contribution in [2.75, 3.05) is 4.90 Å². The van der Waals surface area contributed by atoms with Crippen LogP contribution in [0.2, 0.25) is 0 Å². The van der Waals surface area contributed by atoms with Crippen LogP contribution in [0.25, 0.3) is 11.3 Å². The highest BCUT2D eigenvalue weighted by Crippen LogP contribution is 2.43. The minimum atomic E-state index is -0.370. The summed E-state index contributed by atoms with van der Waals surface area (Å²) in [6, 6.07) is 18.1. The van der Waals surface area contributed by atoms with Crippen molar-refractivity contribution in [1.29, 1.82) is 0 Å². The van der Waals surface area contributed by atoms with Crippen molar-refractivity contribution in [3.63, 3.8) is 0 Å². The average molecular weight is 526 g/mol. The molecular formula is C25H18BrF2N3OS. The second-order valence-corrected chi connectivity index (χ2v) is 9.00. The lowest BCUT2D eigenvalue weighted by atomic mass is 10.0. The van der Waals surface area contributed by atoms with E-state index in [1.807, 2.05) is 35.2 Å². The Balaban J connectivity index is 1.61. The second kappa shape index (κ2) is 8.68. The van der Waals surface area contributed by atoms with E-state index >= 15 is 0 Å². The molecule has 4 nitrogen and oxygen atoms in total. The van der Waals surface area contributed by atoms with E-state index in [1.165, 1.54) is 18.2 Å². The quantitative estimate of drug-likeness (QED) is 0.294. The molecule has 0 amide bonds. The fourth-order valence-corrected chi connectivity index (χ4v) is 4.94. The van der Waals surface area contributed by atoms with Gasteiger partial charge in [-0.1, -0.05) is 6.07 Å². The van der Waals surface area contributed by atoms with Crippen LogP contribution < -0.4 is 10.2 Å². The number of aryl methyl sites for hydroxylation is 1. The number of aromatic nitrogens is 1. The zero-order valence-electron chi connectivity index (χ0n) is 17.4. The highest BCUT2D eigenvalue weighted by molar-refractivity contribution is 9.10. The predicted octanol–water partition coefficient (Wildman–Crippen LogP) is 6.87. The third-order valence-electron chi connectivity index (χ3n) is 5.63. The number of benzene rings is 2. The Morgan fingerprint density at radius 1 is 1.06 bits per heavy atom. The van der Waals surface area contributed by atoms with Gasteiger partial charge in [-0.25, -0.2) is 8.78 Å². The molecule has 0 bridgehead atoms. The Morgan fingerprint density at radius 3 is 2.64 bits per heavy atom. The van der Waals surface area contributed by atoms with Gasteiger partial charge < -0.3 is 14.6 Å². The van der Waals surface area contributed by atoms with Crippen molar-refractivity contribution in [3.05, 3.63) is 106 Å². The van der Waals surface area contributed by atoms with Crippen LogP contribution in [0.3, 0.4) is 0 Å². The monoisotopic (exact) mass is 525 g/mol. The number of furan rings is 1. The maximum absolute atomic E-state index is 14.0. The molecule has 0 unspecified atom stereocenters. The Labute approximate surface area is 203 Å². The average Bonchev–Trinajstić information content (AvgIpc) is 3.41. The largest absolute Gasteiger partial charge is 0.459 e. The van der Waals surface area contributed by atoms with Crippen molar-refractivity contribution in [2.24, 2.45) is 0 Å². The molecule has 2 aromatic carbocycles. The molecular weight excluding hydrogens is 508 g/mol. The third-order valence-corrected chi connectivity index (χ3v) is 6.60. The molecule has 4 aromatic rings. The van der Waals surface area contributed by atoms with Crippen molar-refractivity contribution in [2.45, 2.75) is 19.0 Å². The number of halogens is 3. The van der Waals surface area contributed by atoms with Crippen LogP contribution in [-0.2, 0) is 0 Å². The molecule has 1 N–H and O–H groups in total. The number of hydrogen-bond donors (Lipinski definition) is 1. The molecule has 0 radical (unpaired) electrons. The number of pyridine rings is 1. The molecule has 0 spiro atoms. The number of hydrogen-bond acceptors (Lipinski definition) is 3. The molecule has 166 valence electrons. The van der Waals surface area contributed by atoms with Crippen LogP contribution in [0.4, 0.5) is 14.5 Å². The Morgan fingerprint density at radius 2 is 1.91 bits per heavy atom. The molecule has 1 fully saturated rings. The molecule has 1 saturated heterocycles. The van der Waals surface area contributed by atoms with Crippen molar-refractivity contribution >= 4 is 38.9 Å². The predicted molar refractivity (Wildman–Crippen MR) is 131 cm³/mol. The van der Waals surface area contributed by atoms with Gasteiger partial charge in [-0.05, 0) is 101 Å². The maximum Gasteiger partial charge on any atom is 0.174 e. The van der Waals surface area contributed by atoms with E-state index in [1.54, 1.807) is 31.3 Å². The summed E-state index contributed by atoms with van der Waals surface area (Å²) in [6.45, 7) is 1.72. The van der Waals surface area contributed by atoms with E-state index in [4.69, 9.17) is 16.6 Å². The van der Waals surface area contributed by atoms with Gasteiger partial charge in [0.2, 0.25) is 0 Å². The fourth-order valence-electron chi connectivity index (χ4n) is 4.05. The smallest absolute Gasteiger partial charge is 0.174 e. The summed E-state index contributed by atoms with van der Waals surface area (Å²) in [5.41, 5.74) is 2.79. The first kappa shape index (κ1) is 21.7. The molecule has 8 heteroatoms. The summed E-state index contributed by atoms with van der Waals surface area (Å²) < 4.78 is 34.4. The first-order valence-corrected chi connectivity index (χ1v) is 11.4. The standard InChI is InChI=1S/C25H18BrF2N3OS/c1-14-12-16(6-8-19(14)28)31-24(23(30-25(31)33)20-4-2-3-11-29-20)22-10-9-21(32-22)17-7-5-15(27)13-18(17)26/h2-13,23-24H,1H3,(H,30,33)/t23-,24+/m1/s1. The summed E-state index contributed by atoms with van der Waals surface area (Å²) in [4.78, 5) is 6.44. The van der Waals surface area contributed by atoms with E-state index < -0.39 is 0 Å². The molecule has 33 heavy (non-hydrogen) atoms. The molecule has 1 aliphatic rings. The van der Waals surface area contributed by atoms with Crippen molar-refractivity contribution in [1.82, 2.24) is 10.3 Å². The van der Waals surface area contributed by atoms with Gasteiger partial charge in [0, 0.05) is 21.9 Å². The van der Waals surface area contributed by atoms with Crippen LogP contribution in [0.15, 0.2) is 81.8 Å². The van der Waals surface area contributed by atoms with Gasteiger partial charge in [0.25, 0.3) is 0 Å². The lowest BCUT2D eigenvalue weighted by Gasteiger charge is -2.26. The fraction of sp³-hybridized carbons (Fsp3) is 0.120.